The number of aryl methyl sites for hydroxylation is 2. The van der Waals surface area contributed by atoms with Gasteiger partial charge in [0.15, 0.2) is 0 Å². The van der Waals surface area contributed by atoms with Crippen LogP contribution in [0.25, 0.3) is 5.82 Å². The number of carbonyl (C=O) groups is 1. The van der Waals surface area contributed by atoms with E-state index >= 15 is 0 Å². The average molecular weight is 364 g/mol. The number of amides is 1. The van der Waals surface area contributed by atoms with Crippen molar-refractivity contribution in [2.45, 2.75) is 39.0 Å². The molecular weight excluding hydrogens is 340 g/mol. The summed E-state index contributed by atoms with van der Waals surface area (Å²) in [5.74, 6) is 2.17. The molecule has 1 atom stereocenters. The lowest BCUT2D eigenvalue weighted by Crippen LogP contribution is -2.39. The van der Waals surface area contributed by atoms with E-state index in [0.717, 1.165) is 48.8 Å². The number of likely N-dealkylation sites (tertiary alicyclic amines) is 1. The molecule has 1 aliphatic heterocycles. The smallest absolute Gasteiger partial charge is 0.257 e. The van der Waals surface area contributed by atoms with Gasteiger partial charge in [-0.05, 0) is 31.9 Å². The van der Waals surface area contributed by atoms with Crippen LogP contribution in [0.1, 0.15) is 53.3 Å². The van der Waals surface area contributed by atoms with Crippen LogP contribution in [0.2, 0.25) is 0 Å². The van der Waals surface area contributed by atoms with Gasteiger partial charge in [-0.2, -0.15) is 5.10 Å². The van der Waals surface area contributed by atoms with Gasteiger partial charge in [0.25, 0.3) is 5.91 Å². The van der Waals surface area contributed by atoms with Crippen LogP contribution in [0.4, 0.5) is 0 Å². The van der Waals surface area contributed by atoms with E-state index in [1.807, 2.05) is 34.7 Å². The number of hydrogen-bond donors (Lipinski definition) is 1. The van der Waals surface area contributed by atoms with Gasteiger partial charge in [-0.3, -0.25) is 14.5 Å². The molecule has 140 valence electrons. The summed E-state index contributed by atoms with van der Waals surface area (Å²) in [7, 11) is 0. The summed E-state index contributed by atoms with van der Waals surface area (Å²) in [6.07, 6.45) is 8.24. The Labute approximate surface area is 158 Å². The molecule has 7 nitrogen and oxygen atoms in total. The fourth-order valence-electron chi connectivity index (χ4n) is 3.75. The molecule has 1 saturated heterocycles. The minimum atomic E-state index is 0.0463. The van der Waals surface area contributed by atoms with Crippen LogP contribution in [-0.2, 0) is 6.42 Å². The molecule has 0 radical (unpaired) electrons. The van der Waals surface area contributed by atoms with Crippen LogP contribution in [0, 0.1) is 6.92 Å². The molecule has 3 aromatic rings. The lowest BCUT2D eigenvalue weighted by molar-refractivity contribution is 0.0705. The summed E-state index contributed by atoms with van der Waals surface area (Å²) in [6.45, 7) is 5.43. The van der Waals surface area contributed by atoms with Crippen LogP contribution in [0.15, 0.2) is 36.8 Å². The SMILES string of the molecule is CCc1nccn1-c1cccc([C@@H]2CCCN(C(=O)c3cn[nH]c3C)C2)n1. The van der Waals surface area contributed by atoms with Crippen molar-refractivity contribution in [2.75, 3.05) is 13.1 Å². The number of hydrogen-bond acceptors (Lipinski definition) is 4. The quantitative estimate of drug-likeness (QED) is 0.772. The minimum absolute atomic E-state index is 0.0463. The second kappa shape index (κ2) is 7.34. The lowest BCUT2D eigenvalue weighted by atomic mass is 9.93. The van der Waals surface area contributed by atoms with E-state index in [-0.39, 0.29) is 11.8 Å². The Hall–Kier alpha value is -2.96. The van der Waals surface area contributed by atoms with Gasteiger partial charge in [-0.1, -0.05) is 13.0 Å². The van der Waals surface area contributed by atoms with Crippen LogP contribution in [-0.4, -0.2) is 48.6 Å². The number of imidazole rings is 1. The van der Waals surface area contributed by atoms with Gasteiger partial charge >= 0.3 is 0 Å². The molecule has 0 spiro atoms. The molecule has 4 rings (SSSR count). The van der Waals surface area contributed by atoms with Gasteiger partial charge in [-0.25, -0.2) is 9.97 Å². The maximum absolute atomic E-state index is 12.8. The number of aromatic nitrogens is 5. The first-order valence-electron chi connectivity index (χ1n) is 9.46. The predicted molar refractivity (Wildman–Crippen MR) is 102 cm³/mol. The van der Waals surface area contributed by atoms with Crippen LogP contribution in [0.3, 0.4) is 0 Å². The third kappa shape index (κ3) is 3.37. The molecule has 0 unspecified atom stereocenters. The van der Waals surface area contributed by atoms with E-state index < -0.39 is 0 Å². The minimum Gasteiger partial charge on any atom is -0.338 e. The van der Waals surface area contributed by atoms with Crippen molar-refractivity contribution in [3.63, 3.8) is 0 Å². The zero-order valence-corrected chi connectivity index (χ0v) is 15.7. The van der Waals surface area contributed by atoms with Gasteiger partial charge in [0, 0.05) is 49.2 Å². The fourth-order valence-corrected chi connectivity index (χ4v) is 3.75. The summed E-state index contributed by atoms with van der Waals surface area (Å²) in [4.78, 5) is 24.0. The molecule has 1 N–H and O–H groups in total. The molecule has 0 saturated carbocycles. The predicted octanol–water partition coefficient (Wildman–Crippen LogP) is 2.88. The summed E-state index contributed by atoms with van der Waals surface area (Å²) in [6, 6.07) is 6.11. The number of H-pyrrole nitrogens is 1. The first kappa shape index (κ1) is 17.5. The Kier molecular flexibility index (Phi) is 4.75. The Morgan fingerprint density at radius 3 is 3.04 bits per heavy atom. The number of nitrogens with zero attached hydrogens (tertiary/aromatic N) is 5. The Morgan fingerprint density at radius 2 is 2.26 bits per heavy atom. The Bertz CT molecular complexity index is 943. The van der Waals surface area contributed by atoms with E-state index in [0.29, 0.717) is 12.1 Å². The molecule has 7 heteroatoms. The Balaban J connectivity index is 1.56. The van der Waals surface area contributed by atoms with Crippen molar-refractivity contribution in [3.05, 3.63) is 59.6 Å². The van der Waals surface area contributed by atoms with E-state index in [4.69, 9.17) is 4.98 Å². The zero-order chi connectivity index (χ0) is 18.8. The lowest BCUT2D eigenvalue weighted by Gasteiger charge is -2.32. The highest BCUT2D eigenvalue weighted by molar-refractivity contribution is 5.95. The zero-order valence-electron chi connectivity index (χ0n) is 15.7. The summed E-state index contributed by atoms with van der Waals surface area (Å²) in [5.41, 5.74) is 2.50. The van der Waals surface area contributed by atoms with Crippen molar-refractivity contribution in [2.24, 2.45) is 0 Å². The van der Waals surface area contributed by atoms with Crippen molar-refractivity contribution < 1.29 is 4.79 Å². The van der Waals surface area contributed by atoms with E-state index in [2.05, 4.69) is 28.2 Å². The fraction of sp³-hybridized carbons (Fsp3) is 0.400. The normalized spacial score (nSPS) is 17.3. The van der Waals surface area contributed by atoms with Crippen molar-refractivity contribution >= 4 is 5.91 Å². The molecule has 3 aromatic heterocycles. The molecule has 0 aromatic carbocycles. The standard InChI is InChI=1S/C20H24N6O/c1-3-18-21-9-11-26(18)19-8-4-7-17(23-19)15-6-5-10-25(13-15)20(27)16-12-22-24-14(16)2/h4,7-9,11-12,15H,3,5-6,10,13H2,1-2H3,(H,22,24)/t15-/m1/s1. The van der Waals surface area contributed by atoms with Crippen molar-refractivity contribution in [1.29, 1.82) is 0 Å². The number of nitrogens with one attached hydrogen (secondary N) is 1. The van der Waals surface area contributed by atoms with Crippen molar-refractivity contribution in [1.82, 2.24) is 29.6 Å². The number of pyridine rings is 1. The highest BCUT2D eigenvalue weighted by atomic mass is 16.2. The van der Waals surface area contributed by atoms with Crippen LogP contribution in [0.5, 0.6) is 0 Å². The average Bonchev–Trinajstić information content (AvgIpc) is 3.36. The van der Waals surface area contributed by atoms with E-state index in [1.54, 1.807) is 12.4 Å². The largest absolute Gasteiger partial charge is 0.338 e. The second-order valence-electron chi connectivity index (χ2n) is 6.99. The van der Waals surface area contributed by atoms with E-state index in [9.17, 15) is 4.79 Å². The highest BCUT2D eigenvalue weighted by Gasteiger charge is 2.27. The highest BCUT2D eigenvalue weighted by Crippen LogP contribution is 2.27. The monoisotopic (exact) mass is 364 g/mol. The summed E-state index contributed by atoms with van der Waals surface area (Å²) >= 11 is 0. The molecule has 1 aliphatic rings. The molecule has 27 heavy (non-hydrogen) atoms. The molecule has 1 amide bonds. The Morgan fingerprint density at radius 1 is 1.37 bits per heavy atom. The molecule has 4 heterocycles. The second-order valence-corrected chi connectivity index (χ2v) is 6.99. The topological polar surface area (TPSA) is 79.7 Å². The first-order chi connectivity index (χ1) is 13.2. The number of piperidine rings is 1. The van der Waals surface area contributed by atoms with Gasteiger partial charge < -0.3 is 4.90 Å². The third-order valence-corrected chi connectivity index (χ3v) is 5.22. The molecule has 0 bridgehead atoms. The van der Waals surface area contributed by atoms with Gasteiger partial charge in [0.05, 0.1) is 11.8 Å². The van der Waals surface area contributed by atoms with Crippen molar-refractivity contribution in [3.8, 4) is 5.82 Å². The maximum Gasteiger partial charge on any atom is 0.257 e. The number of aromatic amines is 1. The summed E-state index contributed by atoms with van der Waals surface area (Å²) in [5, 5.41) is 6.82. The van der Waals surface area contributed by atoms with E-state index in [1.165, 1.54) is 0 Å². The molecule has 1 fully saturated rings. The third-order valence-electron chi connectivity index (χ3n) is 5.22. The van der Waals surface area contributed by atoms with Crippen LogP contribution >= 0.6 is 0 Å². The summed E-state index contributed by atoms with van der Waals surface area (Å²) < 4.78 is 2.03. The molecule has 0 aliphatic carbocycles. The van der Waals surface area contributed by atoms with Crippen LogP contribution < -0.4 is 0 Å². The maximum atomic E-state index is 12.8. The van der Waals surface area contributed by atoms with Gasteiger partial charge in [0.1, 0.15) is 11.6 Å². The molecular formula is C20H24N6O. The number of rotatable bonds is 4. The van der Waals surface area contributed by atoms with Gasteiger partial charge in [-0.15, -0.1) is 0 Å². The number of carbonyl (C=O) groups excluding carboxylic acids is 1. The first-order valence-corrected chi connectivity index (χ1v) is 9.46. The van der Waals surface area contributed by atoms with Gasteiger partial charge in [0.2, 0.25) is 0 Å².